The first kappa shape index (κ1) is 15.5. The van der Waals surface area contributed by atoms with E-state index in [-0.39, 0.29) is 11.4 Å². The molecule has 0 saturated carbocycles. The fourth-order valence-corrected chi connectivity index (χ4v) is 2.09. The average molecular weight is 361 g/mol. The number of hydrogen-bond donors (Lipinski definition) is 2. The maximum absolute atomic E-state index is 12.4. The van der Waals surface area contributed by atoms with Gasteiger partial charge in [0.2, 0.25) is 0 Å². The lowest BCUT2D eigenvalue weighted by atomic mass is 10.2. The summed E-state index contributed by atoms with van der Waals surface area (Å²) in [5, 5.41) is 2.85. The van der Waals surface area contributed by atoms with Crippen molar-refractivity contribution in [3.8, 4) is 5.75 Å². The standard InChI is InChI=1S/C14H12BrF3N2O/c1-8-2-4-11(10(19)6-8)20-12-5-3-9(15)7-13(12)21-14(16,17)18/h2-7,20H,19H2,1H3. The lowest BCUT2D eigenvalue weighted by Crippen LogP contribution is -2.18. The Balaban J connectivity index is 2.35. The van der Waals surface area contributed by atoms with Gasteiger partial charge in [0.15, 0.2) is 5.75 Å². The molecule has 2 aromatic carbocycles. The third kappa shape index (κ3) is 4.29. The van der Waals surface area contributed by atoms with E-state index in [1.165, 1.54) is 12.1 Å². The lowest BCUT2D eigenvalue weighted by Gasteiger charge is -2.16. The molecule has 3 nitrogen and oxygen atoms in total. The number of rotatable bonds is 3. The van der Waals surface area contributed by atoms with Gasteiger partial charge in [0.25, 0.3) is 0 Å². The van der Waals surface area contributed by atoms with Crippen molar-refractivity contribution in [1.29, 1.82) is 0 Å². The van der Waals surface area contributed by atoms with Crippen LogP contribution >= 0.6 is 15.9 Å². The topological polar surface area (TPSA) is 47.3 Å². The molecule has 0 heterocycles. The Morgan fingerprint density at radius 1 is 1.10 bits per heavy atom. The van der Waals surface area contributed by atoms with Gasteiger partial charge in [-0.2, -0.15) is 0 Å². The molecule has 0 unspecified atom stereocenters. The van der Waals surface area contributed by atoms with E-state index in [4.69, 9.17) is 5.73 Å². The molecule has 0 aromatic heterocycles. The molecule has 3 N–H and O–H groups in total. The molecule has 2 aromatic rings. The van der Waals surface area contributed by atoms with Crippen molar-refractivity contribution in [3.63, 3.8) is 0 Å². The van der Waals surface area contributed by atoms with E-state index in [0.717, 1.165) is 5.56 Å². The maximum Gasteiger partial charge on any atom is 0.573 e. The molecule has 0 amide bonds. The van der Waals surface area contributed by atoms with Gasteiger partial charge in [-0.15, -0.1) is 13.2 Å². The number of nitrogen functional groups attached to an aromatic ring is 1. The smallest absolute Gasteiger partial charge is 0.404 e. The lowest BCUT2D eigenvalue weighted by molar-refractivity contribution is -0.274. The van der Waals surface area contributed by atoms with Crippen LogP contribution in [0.25, 0.3) is 0 Å². The SMILES string of the molecule is Cc1ccc(Nc2ccc(Br)cc2OC(F)(F)F)c(N)c1. The molecule has 0 saturated heterocycles. The van der Waals surface area contributed by atoms with E-state index in [1.807, 2.05) is 13.0 Å². The Morgan fingerprint density at radius 3 is 2.38 bits per heavy atom. The highest BCUT2D eigenvalue weighted by Crippen LogP contribution is 2.35. The Morgan fingerprint density at radius 2 is 1.76 bits per heavy atom. The molecule has 0 aliphatic rings. The quantitative estimate of drug-likeness (QED) is 0.758. The van der Waals surface area contributed by atoms with Crippen LogP contribution < -0.4 is 15.8 Å². The summed E-state index contributed by atoms with van der Waals surface area (Å²) in [6, 6.07) is 9.55. The first-order valence-electron chi connectivity index (χ1n) is 5.93. The number of aryl methyl sites for hydroxylation is 1. The summed E-state index contributed by atoms with van der Waals surface area (Å²) >= 11 is 3.11. The molecule has 0 aliphatic heterocycles. The summed E-state index contributed by atoms with van der Waals surface area (Å²) in [7, 11) is 0. The summed E-state index contributed by atoms with van der Waals surface area (Å²) in [4.78, 5) is 0. The highest BCUT2D eigenvalue weighted by atomic mass is 79.9. The second kappa shape index (κ2) is 5.85. The molecule has 0 aliphatic carbocycles. The minimum Gasteiger partial charge on any atom is -0.404 e. The Labute approximate surface area is 128 Å². The molecule has 7 heteroatoms. The van der Waals surface area contributed by atoms with Crippen LogP contribution in [0.4, 0.5) is 30.2 Å². The fourth-order valence-electron chi connectivity index (χ4n) is 1.75. The van der Waals surface area contributed by atoms with Gasteiger partial charge in [-0.25, -0.2) is 0 Å². The minimum atomic E-state index is -4.77. The number of anilines is 3. The van der Waals surface area contributed by atoms with Crippen molar-refractivity contribution < 1.29 is 17.9 Å². The largest absolute Gasteiger partial charge is 0.573 e. The predicted octanol–water partition coefficient (Wildman–Crippen LogP) is 4.98. The van der Waals surface area contributed by atoms with Gasteiger partial charge in [0, 0.05) is 4.47 Å². The van der Waals surface area contributed by atoms with E-state index in [0.29, 0.717) is 15.8 Å². The third-order valence-corrected chi connectivity index (χ3v) is 3.14. The number of nitrogens with one attached hydrogen (secondary N) is 1. The Kier molecular flexibility index (Phi) is 4.32. The van der Waals surface area contributed by atoms with Gasteiger partial charge in [0.1, 0.15) is 0 Å². The average Bonchev–Trinajstić information content (AvgIpc) is 2.33. The first-order valence-corrected chi connectivity index (χ1v) is 6.72. The van der Waals surface area contributed by atoms with E-state index in [2.05, 4.69) is 26.0 Å². The molecule has 0 radical (unpaired) electrons. The second-order valence-corrected chi connectivity index (χ2v) is 5.32. The van der Waals surface area contributed by atoms with Crippen LogP contribution in [0, 0.1) is 6.92 Å². The van der Waals surface area contributed by atoms with E-state index < -0.39 is 6.36 Å². The highest BCUT2D eigenvalue weighted by molar-refractivity contribution is 9.10. The van der Waals surface area contributed by atoms with E-state index in [9.17, 15) is 13.2 Å². The molecular formula is C14H12BrF3N2O. The van der Waals surface area contributed by atoms with Crippen LogP contribution in [-0.2, 0) is 0 Å². The highest BCUT2D eigenvalue weighted by Gasteiger charge is 2.32. The van der Waals surface area contributed by atoms with Crippen molar-refractivity contribution in [3.05, 3.63) is 46.4 Å². The summed E-state index contributed by atoms with van der Waals surface area (Å²) in [5.41, 5.74) is 7.92. The van der Waals surface area contributed by atoms with Crippen LogP contribution in [0.3, 0.4) is 0 Å². The summed E-state index contributed by atoms with van der Waals surface area (Å²) < 4.78 is 41.8. The molecule has 0 bridgehead atoms. The molecule has 0 atom stereocenters. The normalized spacial score (nSPS) is 11.3. The van der Waals surface area contributed by atoms with Crippen LogP contribution in [0.1, 0.15) is 5.56 Å². The Bertz CT molecular complexity index is 659. The zero-order chi connectivity index (χ0) is 15.6. The number of benzene rings is 2. The van der Waals surface area contributed by atoms with Crippen molar-refractivity contribution in [2.24, 2.45) is 0 Å². The zero-order valence-corrected chi connectivity index (χ0v) is 12.5. The van der Waals surface area contributed by atoms with Crippen LogP contribution in [-0.4, -0.2) is 6.36 Å². The van der Waals surface area contributed by atoms with Crippen molar-refractivity contribution in [2.75, 3.05) is 11.1 Å². The van der Waals surface area contributed by atoms with Gasteiger partial charge in [-0.3, -0.25) is 0 Å². The maximum atomic E-state index is 12.4. The van der Waals surface area contributed by atoms with E-state index >= 15 is 0 Å². The van der Waals surface area contributed by atoms with Gasteiger partial charge < -0.3 is 15.8 Å². The second-order valence-electron chi connectivity index (χ2n) is 4.40. The molecular weight excluding hydrogens is 349 g/mol. The molecule has 0 fully saturated rings. The molecule has 2 rings (SSSR count). The summed E-state index contributed by atoms with van der Waals surface area (Å²) in [6.07, 6.45) is -4.77. The number of ether oxygens (including phenoxy) is 1. The fraction of sp³-hybridized carbons (Fsp3) is 0.143. The van der Waals surface area contributed by atoms with Crippen LogP contribution in [0.2, 0.25) is 0 Å². The zero-order valence-electron chi connectivity index (χ0n) is 11.0. The summed E-state index contributed by atoms with van der Waals surface area (Å²) in [5.74, 6) is -0.336. The van der Waals surface area contributed by atoms with E-state index in [1.54, 1.807) is 18.2 Å². The predicted molar refractivity (Wildman–Crippen MR) is 79.7 cm³/mol. The number of alkyl halides is 3. The van der Waals surface area contributed by atoms with Gasteiger partial charge in [0.05, 0.1) is 17.1 Å². The van der Waals surface area contributed by atoms with Gasteiger partial charge in [-0.05, 0) is 42.8 Å². The van der Waals surface area contributed by atoms with Crippen LogP contribution in [0.5, 0.6) is 5.75 Å². The van der Waals surface area contributed by atoms with Crippen LogP contribution in [0.15, 0.2) is 40.9 Å². The molecule has 112 valence electrons. The number of nitrogens with two attached hydrogens (primary N) is 1. The monoisotopic (exact) mass is 360 g/mol. The van der Waals surface area contributed by atoms with Gasteiger partial charge >= 0.3 is 6.36 Å². The van der Waals surface area contributed by atoms with Crippen molar-refractivity contribution in [2.45, 2.75) is 13.3 Å². The van der Waals surface area contributed by atoms with Crippen molar-refractivity contribution >= 4 is 33.0 Å². The Hall–Kier alpha value is -1.89. The number of halogens is 4. The summed E-state index contributed by atoms with van der Waals surface area (Å²) in [6.45, 7) is 1.87. The number of hydrogen-bond acceptors (Lipinski definition) is 3. The minimum absolute atomic E-state index is 0.172. The van der Waals surface area contributed by atoms with Gasteiger partial charge in [-0.1, -0.05) is 22.0 Å². The third-order valence-electron chi connectivity index (χ3n) is 2.65. The molecule has 0 spiro atoms. The first-order chi connectivity index (χ1) is 9.74. The molecule has 21 heavy (non-hydrogen) atoms. The van der Waals surface area contributed by atoms with Crippen molar-refractivity contribution in [1.82, 2.24) is 0 Å².